The SMILES string of the molecule is CCOC(=O)c1cc(OC(F)F)cc(C#N)c1S. The van der Waals surface area contributed by atoms with Gasteiger partial charge in [-0.3, -0.25) is 0 Å². The van der Waals surface area contributed by atoms with Crippen molar-refractivity contribution in [3.8, 4) is 11.8 Å². The van der Waals surface area contributed by atoms with Crippen molar-refractivity contribution in [3.63, 3.8) is 0 Å². The van der Waals surface area contributed by atoms with Crippen LogP contribution in [0.1, 0.15) is 22.8 Å². The molecule has 0 aliphatic rings. The number of hydrogen-bond acceptors (Lipinski definition) is 5. The molecule has 4 nitrogen and oxygen atoms in total. The molecule has 0 spiro atoms. The summed E-state index contributed by atoms with van der Waals surface area (Å²) in [6.45, 7) is -1.33. The maximum atomic E-state index is 12.1. The fourth-order valence-electron chi connectivity index (χ4n) is 1.23. The van der Waals surface area contributed by atoms with Crippen LogP contribution in [0.4, 0.5) is 8.78 Å². The zero-order chi connectivity index (χ0) is 13.7. The number of nitrogens with zero attached hydrogens (tertiary/aromatic N) is 1. The highest BCUT2D eigenvalue weighted by Crippen LogP contribution is 2.27. The second kappa shape index (κ2) is 6.21. The minimum absolute atomic E-state index is 0.0421. The number of halogens is 2. The molecule has 0 N–H and O–H groups in total. The van der Waals surface area contributed by atoms with Gasteiger partial charge in [-0.15, -0.1) is 12.6 Å². The molecule has 0 aliphatic carbocycles. The van der Waals surface area contributed by atoms with E-state index in [1.165, 1.54) is 0 Å². The van der Waals surface area contributed by atoms with Crippen molar-refractivity contribution < 1.29 is 23.0 Å². The summed E-state index contributed by atoms with van der Waals surface area (Å²) >= 11 is 4.00. The summed E-state index contributed by atoms with van der Waals surface area (Å²) in [4.78, 5) is 11.6. The molecule has 0 radical (unpaired) electrons. The number of rotatable bonds is 4. The second-order valence-electron chi connectivity index (χ2n) is 3.08. The Morgan fingerprint density at radius 3 is 2.72 bits per heavy atom. The Bertz CT molecular complexity index is 500. The predicted octanol–water partition coefficient (Wildman–Crippen LogP) is 2.63. The summed E-state index contributed by atoms with van der Waals surface area (Å²) in [5.74, 6) is -1.04. The molecule has 0 bridgehead atoms. The number of alkyl halides is 2. The van der Waals surface area contributed by atoms with Gasteiger partial charge in [-0.2, -0.15) is 14.0 Å². The molecular formula is C11H9F2NO3S. The first kappa shape index (κ1) is 14.3. The Balaban J connectivity index is 3.23. The lowest BCUT2D eigenvalue weighted by Gasteiger charge is -2.10. The highest BCUT2D eigenvalue weighted by Gasteiger charge is 2.17. The van der Waals surface area contributed by atoms with Crippen molar-refractivity contribution in [3.05, 3.63) is 23.3 Å². The van der Waals surface area contributed by atoms with Crippen LogP contribution in [-0.2, 0) is 4.74 Å². The van der Waals surface area contributed by atoms with Gasteiger partial charge in [0.2, 0.25) is 0 Å². The van der Waals surface area contributed by atoms with E-state index in [-0.39, 0.29) is 28.4 Å². The van der Waals surface area contributed by atoms with E-state index in [1.807, 2.05) is 0 Å². The molecule has 0 aliphatic heterocycles. The van der Waals surface area contributed by atoms with Crippen LogP contribution in [0.2, 0.25) is 0 Å². The van der Waals surface area contributed by atoms with Crippen molar-refractivity contribution in [1.29, 1.82) is 5.26 Å². The Labute approximate surface area is 108 Å². The molecule has 0 saturated heterocycles. The first-order chi connectivity index (χ1) is 8.49. The highest BCUT2D eigenvalue weighted by atomic mass is 32.1. The molecule has 1 aromatic rings. The molecule has 0 heterocycles. The molecule has 1 aromatic carbocycles. The third-order valence-corrected chi connectivity index (χ3v) is 2.41. The van der Waals surface area contributed by atoms with Gasteiger partial charge < -0.3 is 9.47 Å². The van der Waals surface area contributed by atoms with Gasteiger partial charge in [-0.25, -0.2) is 4.79 Å². The van der Waals surface area contributed by atoms with Gasteiger partial charge in [0.15, 0.2) is 0 Å². The van der Waals surface area contributed by atoms with Gasteiger partial charge in [0.25, 0.3) is 0 Å². The molecule has 0 unspecified atom stereocenters. The zero-order valence-electron chi connectivity index (χ0n) is 9.31. The molecule has 0 amide bonds. The lowest BCUT2D eigenvalue weighted by molar-refractivity contribution is -0.0499. The summed E-state index contributed by atoms with van der Waals surface area (Å²) in [5.41, 5.74) is -0.130. The monoisotopic (exact) mass is 273 g/mol. The predicted molar refractivity (Wildman–Crippen MR) is 61.0 cm³/mol. The van der Waals surface area contributed by atoms with Crippen LogP contribution in [0.5, 0.6) is 5.75 Å². The number of thiol groups is 1. The van der Waals surface area contributed by atoms with Crippen LogP contribution >= 0.6 is 12.6 Å². The molecule has 0 atom stereocenters. The average Bonchev–Trinajstić information content (AvgIpc) is 2.30. The Morgan fingerprint density at radius 1 is 1.56 bits per heavy atom. The topological polar surface area (TPSA) is 59.3 Å². The maximum Gasteiger partial charge on any atom is 0.387 e. The van der Waals surface area contributed by atoms with Crippen molar-refractivity contribution in [1.82, 2.24) is 0 Å². The number of ether oxygens (including phenoxy) is 2. The molecule has 0 fully saturated rings. The average molecular weight is 273 g/mol. The van der Waals surface area contributed by atoms with Crippen LogP contribution in [0.15, 0.2) is 17.0 Å². The van der Waals surface area contributed by atoms with Crippen molar-refractivity contribution >= 4 is 18.6 Å². The minimum Gasteiger partial charge on any atom is -0.462 e. The lowest BCUT2D eigenvalue weighted by atomic mass is 10.1. The summed E-state index contributed by atoms with van der Waals surface area (Å²) in [5, 5.41) is 8.82. The van der Waals surface area contributed by atoms with Crippen molar-refractivity contribution in [2.45, 2.75) is 18.4 Å². The number of nitriles is 1. The third-order valence-electron chi connectivity index (χ3n) is 1.92. The molecule has 0 aromatic heterocycles. The van der Waals surface area contributed by atoms with Gasteiger partial charge in [-0.05, 0) is 19.1 Å². The second-order valence-corrected chi connectivity index (χ2v) is 3.52. The largest absolute Gasteiger partial charge is 0.462 e. The number of benzene rings is 1. The van der Waals surface area contributed by atoms with Gasteiger partial charge in [0.05, 0.1) is 17.7 Å². The molecule has 7 heteroatoms. The third kappa shape index (κ3) is 3.34. The summed E-state index contributed by atoms with van der Waals surface area (Å²) in [7, 11) is 0. The fourth-order valence-corrected chi connectivity index (χ4v) is 1.50. The summed E-state index contributed by atoms with van der Waals surface area (Å²) in [6.07, 6.45) is 0. The van der Waals surface area contributed by atoms with Crippen molar-refractivity contribution in [2.75, 3.05) is 6.61 Å². The zero-order valence-corrected chi connectivity index (χ0v) is 10.2. The smallest absolute Gasteiger partial charge is 0.387 e. The molecule has 18 heavy (non-hydrogen) atoms. The van der Waals surface area contributed by atoms with Crippen LogP contribution < -0.4 is 4.74 Å². The van der Waals surface area contributed by atoms with Crippen LogP contribution in [-0.4, -0.2) is 19.2 Å². The molecule has 96 valence electrons. The minimum atomic E-state index is -3.04. The first-order valence-corrected chi connectivity index (χ1v) is 5.33. The van der Waals surface area contributed by atoms with Crippen LogP contribution in [0.3, 0.4) is 0 Å². The van der Waals surface area contributed by atoms with Crippen LogP contribution in [0, 0.1) is 11.3 Å². The maximum absolute atomic E-state index is 12.1. The van der Waals surface area contributed by atoms with Crippen LogP contribution in [0.25, 0.3) is 0 Å². The quantitative estimate of drug-likeness (QED) is 0.676. The summed E-state index contributed by atoms with van der Waals surface area (Å²) in [6, 6.07) is 3.88. The van der Waals surface area contributed by atoms with E-state index in [1.54, 1.807) is 13.0 Å². The number of esters is 1. The summed E-state index contributed by atoms with van der Waals surface area (Å²) < 4.78 is 33.1. The standard InChI is InChI=1S/C11H9F2NO3S/c1-2-16-10(15)8-4-7(17-11(12)13)3-6(5-14)9(8)18/h3-4,11,18H,2H2,1H3. The van der Waals surface area contributed by atoms with E-state index >= 15 is 0 Å². The van der Waals surface area contributed by atoms with Gasteiger partial charge >= 0.3 is 12.6 Å². The van der Waals surface area contributed by atoms with Gasteiger partial charge in [0.1, 0.15) is 11.8 Å². The lowest BCUT2D eigenvalue weighted by Crippen LogP contribution is -2.09. The Morgan fingerprint density at radius 2 is 2.22 bits per heavy atom. The first-order valence-electron chi connectivity index (χ1n) is 4.88. The Hall–Kier alpha value is -1.81. The highest BCUT2D eigenvalue weighted by molar-refractivity contribution is 7.80. The van der Waals surface area contributed by atoms with E-state index in [2.05, 4.69) is 17.4 Å². The van der Waals surface area contributed by atoms with Gasteiger partial charge in [-0.1, -0.05) is 0 Å². The van der Waals surface area contributed by atoms with E-state index < -0.39 is 12.6 Å². The van der Waals surface area contributed by atoms with Gasteiger partial charge in [0, 0.05) is 4.90 Å². The van der Waals surface area contributed by atoms with E-state index in [0.717, 1.165) is 12.1 Å². The Kier molecular flexibility index (Phi) is 4.92. The number of hydrogen-bond donors (Lipinski definition) is 1. The fraction of sp³-hybridized carbons (Fsp3) is 0.273. The molecule has 0 saturated carbocycles. The van der Waals surface area contributed by atoms with Crippen molar-refractivity contribution in [2.24, 2.45) is 0 Å². The van der Waals surface area contributed by atoms with E-state index in [4.69, 9.17) is 10.00 Å². The van der Waals surface area contributed by atoms with E-state index in [0.29, 0.717) is 0 Å². The normalized spacial score (nSPS) is 10.0. The molecule has 1 rings (SSSR count). The molecular weight excluding hydrogens is 264 g/mol. The number of carbonyl (C=O) groups is 1. The van der Waals surface area contributed by atoms with E-state index in [9.17, 15) is 13.6 Å². The number of carbonyl (C=O) groups excluding carboxylic acids is 1.